The van der Waals surface area contributed by atoms with Crippen LogP contribution in [0.25, 0.3) is 0 Å². The summed E-state index contributed by atoms with van der Waals surface area (Å²) in [5, 5.41) is 10.1. The van der Waals surface area contributed by atoms with Crippen molar-refractivity contribution in [2.24, 2.45) is 5.92 Å². The van der Waals surface area contributed by atoms with Gasteiger partial charge in [0.25, 0.3) is 0 Å². The van der Waals surface area contributed by atoms with Crippen LogP contribution in [0.2, 0.25) is 0 Å². The molecule has 3 nitrogen and oxygen atoms in total. The molecule has 1 aromatic rings. The summed E-state index contributed by atoms with van der Waals surface area (Å²) in [6.45, 7) is 3.69. The molecule has 104 valence electrons. The third-order valence-corrected chi connectivity index (χ3v) is 3.85. The summed E-state index contributed by atoms with van der Waals surface area (Å²) in [5.74, 6) is 0.769. The van der Waals surface area contributed by atoms with Gasteiger partial charge in [-0.3, -0.25) is 4.79 Å². The number of carbonyl (C=O) groups excluding carboxylic acids is 1. The Balaban J connectivity index is 1.81. The quantitative estimate of drug-likeness (QED) is 0.855. The molecule has 0 radical (unpaired) electrons. The van der Waals surface area contributed by atoms with Crippen molar-refractivity contribution in [2.75, 3.05) is 13.1 Å². The fraction of sp³-hybridized carbons (Fsp3) is 0.562. The number of rotatable bonds is 6. The van der Waals surface area contributed by atoms with Gasteiger partial charge in [-0.25, -0.2) is 0 Å². The summed E-state index contributed by atoms with van der Waals surface area (Å²) in [4.78, 5) is 13.8. The second kappa shape index (κ2) is 6.71. The third kappa shape index (κ3) is 3.80. The zero-order valence-electron chi connectivity index (χ0n) is 11.6. The minimum atomic E-state index is -0.473. The molecular formula is C16H23NO2. The van der Waals surface area contributed by atoms with Crippen molar-refractivity contribution in [1.29, 1.82) is 0 Å². The Kier molecular flexibility index (Phi) is 4.97. The fourth-order valence-corrected chi connectivity index (χ4v) is 2.79. The van der Waals surface area contributed by atoms with Gasteiger partial charge in [-0.15, -0.1) is 0 Å². The lowest BCUT2D eigenvalue weighted by molar-refractivity contribution is -0.128. The minimum absolute atomic E-state index is 0.249. The Bertz CT molecular complexity index is 404. The second-order valence-electron chi connectivity index (χ2n) is 5.41. The van der Waals surface area contributed by atoms with E-state index in [9.17, 15) is 9.90 Å². The average Bonchev–Trinajstić information content (AvgIpc) is 2.78. The zero-order valence-corrected chi connectivity index (χ0v) is 11.6. The number of carbonyl (C=O) groups is 1. The fourth-order valence-electron chi connectivity index (χ4n) is 2.79. The van der Waals surface area contributed by atoms with Crippen LogP contribution >= 0.6 is 0 Å². The second-order valence-corrected chi connectivity index (χ2v) is 5.41. The highest BCUT2D eigenvalue weighted by atomic mass is 16.3. The maximum absolute atomic E-state index is 11.9. The lowest BCUT2D eigenvalue weighted by Gasteiger charge is -2.19. The topological polar surface area (TPSA) is 40.5 Å². The SMILES string of the molecule is CCCC1CC(=O)N(CCC(O)c2ccccc2)C1. The highest BCUT2D eigenvalue weighted by Gasteiger charge is 2.28. The number of nitrogens with zero attached hydrogens (tertiary/aromatic N) is 1. The molecular weight excluding hydrogens is 238 g/mol. The normalized spacial score (nSPS) is 20.8. The molecule has 1 heterocycles. The average molecular weight is 261 g/mol. The predicted octanol–water partition coefficient (Wildman–Crippen LogP) is 2.76. The van der Waals surface area contributed by atoms with E-state index in [-0.39, 0.29) is 5.91 Å². The van der Waals surface area contributed by atoms with Crippen LogP contribution in [-0.4, -0.2) is 29.0 Å². The highest BCUT2D eigenvalue weighted by Crippen LogP contribution is 2.24. The summed E-state index contributed by atoms with van der Waals surface area (Å²) in [7, 11) is 0. The number of aliphatic hydroxyl groups is 1. The summed E-state index contributed by atoms with van der Waals surface area (Å²) in [6, 6.07) is 9.65. The van der Waals surface area contributed by atoms with Crippen molar-refractivity contribution in [2.45, 2.75) is 38.7 Å². The van der Waals surface area contributed by atoms with Gasteiger partial charge in [-0.2, -0.15) is 0 Å². The first-order chi connectivity index (χ1) is 9.20. The molecule has 2 rings (SSSR count). The molecule has 1 aromatic carbocycles. The smallest absolute Gasteiger partial charge is 0.222 e. The Morgan fingerprint density at radius 1 is 1.37 bits per heavy atom. The monoisotopic (exact) mass is 261 g/mol. The predicted molar refractivity (Wildman–Crippen MR) is 75.6 cm³/mol. The first-order valence-electron chi connectivity index (χ1n) is 7.21. The Hall–Kier alpha value is -1.35. The molecule has 0 spiro atoms. The third-order valence-electron chi connectivity index (χ3n) is 3.85. The molecule has 0 aromatic heterocycles. The molecule has 0 saturated carbocycles. The standard InChI is InChI=1S/C16H23NO2/c1-2-6-13-11-16(19)17(12-13)10-9-15(18)14-7-4-3-5-8-14/h3-5,7-8,13,15,18H,2,6,9-12H2,1H3. The van der Waals surface area contributed by atoms with Gasteiger partial charge in [0.1, 0.15) is 0 Å². The van der Waals surface area contributed by atoms with Crippen LogP contribution in [0.3, 0.4) is 0 Å². The van der Waals surface area contributed by atoms with E-state index in [4.69, 9.17) is 0 Å². The van der Waals surface area contributed by atoms with E-state index in [0.29, 0.717) is 25.3 Å². The highest BCUT2D eigenvalue weighted by molar-refractivity contribution is 5.78. The van der Waals surface area contributed by atoms with Crippen molar-refractivity contribution in [1.82, 2.24) is 4.90 Å². The zero-order chi connectivity index (χ0) is 13.7. The number of hydrogen-bond acceptors (Lipinski definition) is 2. The molecule has 1 aliphatic heterocycles. The minimum Gasteiger partial charge on any atom is -0.388 e. The van der Waals surface area contributed by atoms with Gasteiger partial charge < -0.3 is 10.0 Å². The molecule has 19 heavy (non-hydrogen) atoms. The molecule has 1 N–H and O–H groups in total. The largest absolute Gasteiger partial charge is 0.388 e. The Morgan fingerprint density at radius 2 is 2.11 bits per heavy atom. The summed E-state index contributed by atoms with van der Waals surface area (Å²) < 4.78 is 0. The van der Waals surface area contributed by atoms with Crippen LogP contribution in [0, 0.1) is 5.92 Å². The van der Waals surface area contributed by atoms with Gasteiger partial charge in [-0.05, 0) is 24.3 Å². The van der Waals surface area contributed by atoms with Gasteiger partial charge in [0.05, 0.1) is 6.10 Å². The van der Waals surface area contributed by atoms with Crippen molar-refractivity contribution in [3.63, 3.8) is 0 Å². The Labute approximate surface area is 115 Å². The van der Waals surface area contributed by atoms with Gasteiger partial charge in [-0.1, -0.05) is 43.7 Å². The number of aliphatic hydroxyl groups excluding tert-OH is 1. The number of hydrogen-bond donors (Lipinski definition) is 1. The van der Waals surface area contributed by atoms with E-state index >= 15 is 0 Å². The lowest BCUT2D eigenvalue weighted by atomic mass is 10.0. The summed E-state index contributed by atoms with van der Waals surface area (Å²) >= 11 is 0. The van der Waals surface area contributed by atoms with Crippen molar-refractivity contribution < 1.29 is 9.90 Å². The number of benzene rings is 1. The van der Waals surface area contributed by atoms with E-state index in [2.05, 4.69) is 6.92 Å². The Morgan fingerprint density at radius 3 is 2.79 bits per heavy atom. The van der Waals surface area contributed by atoms with Crippen LogP contribution in [0.5, 0.6) is 0 Å². The van der Waals surface area contributed by atoms with E-state index in [1.165, 1.54) is 0 Å². The molecule has 0 bridgehead atoms. The molecule has 1 aliphatic rings. The molecule has 1 fully saturated rings. The van der Waals surface area contributed by atoms with Crippen LogP contribution in [0.1, 0.15) is 44.3 Å². The summed E-state index contributed by atoms with van der Waals surface area (Å²) in [6.07, 6.45) is 3.10. The van der Waals surface area contributed by atoms with Crippen LogP contribution < -0.4 is 0 Å². The molecule has 2 unspecified atom stereocenters. The van der Waals surface area contributed by atoms with E-state index in [1.807, 2.05) is 35.2 Å². The number of likely N-dealkylation sites (tertiary alicyclic amines) is 1. The van der Waals surface area contributed by atoms with Gasteiger partial charge >= 0.3 is 0 Å². The first-order valence-corrected chi connectivity index (χ1v) is 7.21. The molecule has 1 amide bonds. The lowest BCUT2D eigenvalue weighted by Crippen LogP contribution is -2.27. The first kappa shape index (κ1) is 14.1. The molecule has 3 heteroatoms. The van der Waals surface area contributed by atoms with Crippen LogP contribution in [-0.2, 0) is 4.79 Å². The summed E-state index contributed by atoms with van der Waals surface area (Å²) in [5.41, 5.74) is 0.930. The van der Waals surface area contributed by atoms with E-state index in [0.717, 1.165) is 24.9 Å². The maximum Gasteiger partial charge on any atom is 0.222 e. The van der Waals surface area contributed by atoms with Crippen molar-refractivity contribution in [3.8, 4) is 0 Å². The van der Waals surface area contributed by atoms with E-state index in [1.54, 1.807) is 0 Å². The van der Waals surface area contributed by atoms with Crippen molar-refractivity contribution in [3.05, 3.63) is 35.9 Å². The van der Waals surface area contributed by atoms with E-state index < -0.39 is 6.10 Å². The van der Waals surface area contributed by atoms with Gasteiger partial charge in [0.2, 0.25) is 5.91 Å². The molecule has 0 aliphatic carbocycles. The molecule has 1 saturated heterocycles. The molecule has 2 atom stereocenters. The van der Waals surface area contributed by atoms with Crippen LogP contribution in [0.15, 0.2) is 30.3 Å². The van der Waals surface area contributed by atoms with Gasteiger partial charge in [0, 0.05) is 19.5 Å². The van der Waals surface area contributed by atoms with Crippen LogP contribution in [0.4, 0.5) is 0 Å². The van der Waals surface area contributed by atoms with Gasteiger partial charge in [0.15, 0.2) is 0 Å². The number of amides is 1. The maximum atomic E-state index is 11.9. The van der Waals surface area contributed by atoms with Crippen molar-refractivity contribution >= 4 is 5.91 Å².